The van der Waals surface area contributed by atoms with Crippen molar-refractivity contribution in [1.29, 1.82) is 0 Å². The van der Waals surface area contributed by atoms with Crippen LogP contribution in [0.3, 0.4) is 0 Å². The third-order valence-electron chi connectivity index (χ3n) is 2.56. The van der Waals surface area contributed by atoms with E-state index in [9.17, 15) is 5.11 Å². The van der Waals surface area contributed by atoms with Crippen molar-refractivity contribution in [1.82, 2.24) is 5.32 Å². The average Bonchev–Trinajstić information content (AvgIpc) is 2.33. The van der Waals surface area contributed by atoms with Gasteiger partial charge in [0.2, 0.25) is 0 Å². The third-order valence-corrected chi connectivity index (χ3v) is 2.56. The number of hydrogen-bond donors (Lipinski definition) is 2. The van der Waals surface area contributed by atoms with Crippen molar-refractivity contribution in [2.45, 2.75) is 58.7 Å². The molecule has 0 aliphatic carbocycles. The molecule has 110 valence electrons. The van der Waals surface area contributed by atoms with E-state index in [0.717, 1.165) is 19.6 Å². The van der Waals surface area contributed by atoms with Crippen LogP contribution in [0.25, 0.3) is 0 Å². The fourth-order valence-corrected chi connectivity index (χ4v) is 1.54. The second-order valence-electron chi connectivity index (χ2n) is 4.91. The van der Waals surface area contributed by atoms with Gasteiger partial charge in [0, 0.05) is 19.7 Å². The summed E-state index contributed by atoms with van der Waals surface area (Å²) in [5.41, 5.74) is 0. The predicted molar refractivity (Wildman–Crippen MR) is 74.9 cm³/mol. The molecule has 18 heavy (non-hydrogen) atoms. The molecule has 0 amide bonds. The first kappa shape index (κ1) is 17.8. The van der Waals surface area contributed by atoms with Crippen LogP contribution in [0.2, 0.25) is 0 Å². The lowest BCUT2D eigenvalue weighted by Crippen LogP contribution is -2.32. The highest BCUT2D eigenvalue weighted by Crippen LogP contribution is 1.99. The Bertz CT molecular complexity index is 165. The van der Waals surface area contributed by atoms with E-state index >= 15 is 0 Å². The van der Waals surface area contributed by atoms with Gasteiger partial charge in [-0.05, 0) is 20.3 Å². The lowest BCUT2D eigenvalue weighted by atomic mass is 10.2. The largest absolute Gasteiger partial charge is 0.389 e. The predicted octanol–water partition coefficient (Wildman–Crippen LogP) is 1.96. The minimum Gasteiger partial charge on any atom is -0.389 e. The molecule has 0 rings (SSSR count). The van der Waals surface area contributed by atoms with Crippen LogP contribution in [0.1, 0.15) is 46.5 Å². The number of hydrogen-bond acceptors (Lipinski definition) is 4. The first-order valence-corrected chi connectivity index (χ1v) is 7.25. The van der Waals surface area contributed by atoms with Gasteiger partial charge in [-0.25, -0.2) is 0 Å². The molecule has 0 aliphatic heterocycles. The summed E-state index contributed by atoms with van der Waals surface area (Å²) >= 11 is 0. The lowest BCUT2D eigenvalue weighted by molar-refractivity contribution is 0.0327. The summed E-state index contributed by atoms with van der Waals surface area (Å²) in [5.74, 6) is 0. The summed E-state index contributed by atoms with van der Waals surface area (Å²) in [6, 6.07) is 0. The zero-order valence-corrected chi connectivity index (χ0v) is 12.3. The summed E-state index contributed by atoms with van der Waals surface area (Å²) in [6.45, 7) is 9.42. The van der Waals surface area contributed by atoms with E-state index in [2.05, 4.69) is 12.2 Å². The van der Waals surface area contributed by atoms with Gasteiger partial charge in [0.1, 0.15) is 0 Å². The first-order chi connectivity index (χ1) is 8.66. The Morgan fingerprint density at radius 2 is 1.89 bits per heavy atom. The van der Waals surface area contributed by atoms with Crippen LogP contribution in [-0.2, 0) is 9.47 Å². The second-order valence-corrected chi connectivity index (χ2v) is 4.91. The Labute approximate surface area is 112 Å². The highest BCUT2D eigenvalue weighted by molar-refractivity contribution is 4.58. The van der Waals surface area contributed by atoms with Crippen molar-refractivity contribution in [2.75, 3.05) is 32.9 Å². The van der Waals surface area contributed by atoms with Crippen LogP contribution in [0, 0.1) is 0 Å². The zero-order valence-electron chi connectivity index (χ0n) is 12.3. The van der Waals surface area contributed by atoms with Crippen molar-refractivity contribution >= 4 is 0 Å². The molecule has 0 aliphatic rings. The van der Waals surface area contributed by atoms with Crippen LogP contribution in [0.4, 0.5) is 0 Å². The Balaban J connectivity index is 3.15. The molecule has 2 N–H and O–H groups in total. The standard InChI is InChI=1S/C14H31NO3/c1-4-5-6-7-9-17-12-14(16)11-15-8-10-18-13(2)3/h13-16H,4-12H2,1-3H3. The molecule has 1 unspecified atom stereocenters. The quantitative estimate of drug-likeness (QED) is 0.498. The van der Waals surface area contributed by atoms with Gasteiger partial charge in [0.05, 0.1) is 25.4 Å². The number of ether oxygens (including phenoxy) is 2. The molecule has 0 saturated heterocycles. The number of rotatable bonds is 13. The van der Waals surface area contributed by atoms with Crippen molar-refractivity contribution in [3.8, 4) is 0 Å². The van der Waals surface area contributed by atoms with Crippen LogP contribution in [-0.4, -0.2) is 50.2 Å². The number of unbranched alkanes of at least 4 members (excludes halogenated alkanes) is 3. The van der Waals surface area contributed by atoms with Gasteiger partial charge < -0.3 is 19.9 Å². The van der Waals surface area contributed by atoms with Crippen molar-refractivity contribution in [3.05, 3.63) is 0 Å². The van der Waals surface area contributed by atoms with Crippen molar-refractivity contribution in [2.24, 2.45) is 0 Å². The molecule has 0 aromatic rings. The molecule has 0 aromatic carbocycles. The van der Waals surface area contributed by atoms with Gasteiger partial charge in [0.15, 0.2) is 0 Å². The van der Waals surface area contributed by atoms with Gasteiger partial charge in [-0.15, -0.1) is 0 Å². The molecule has 0 spiro atoms. The van der Waals surface area contributed by atoms with E-state index < -0.39 is 6.10 Å². The Morgan fingerprint density at radius 3 is 2.56 bits per heavy atom. The zero-order chi connectivity index (χ0) is 13.6. The average molecular weight is 261 g/mol. The molecule has 0 aromatic heterocycles. The molecule has 4 nitrogen and oxygen atoms in total. The maximum absolute atomic E-state index is 9.63. The van der Waals surface area contributed by atoms with Crippen LogP contribution >= 0.6 is 0 Å². The Kier molecular flexibility index (Phi) is 13.2. The van der Waals surface area contributed by atoms with Gasteiger partial charge in [0.25, 0.3) is 0 Å². The molecular weight excluding hydrogens is 230 g/mol. The van der Waals surface area contributed by atoms with Crippen molar-refractivity contribution in [3.63, 3.8) is 0 Å². The smallest absolute Gasteiger partial charge is 0.0897 e. The summed E-state index contributed by atoms with van der Waals surface area (Å²) in [5, 5.41) is 12.8. The van der Waals surface area contributed by atoms with Gasteiger partial charge >= 0.3 is 0 Å². The second kappa shape index (κ2) is 13.3. The topological polar surface area (TPSA) is 50.7 Å². The van der Waals surface area contributed by atoms with E-state index in [1.54, 1.807) is 0 Å². The molecule has 0 fully saturated rings. The van der Waals surface area contributed by atoms with E-state index in [1.807, 2.05) is 13.8 Å². The minimum absolute atomic E-state index is 0.267. The molecule has 0 heterocycles. The van der Waals surface area contributed by atoms with E-state index in [0.29, 0.717) is 19.8 Å². The summed E-state index contributed by atoms with van der Waals surface area (Å²) < 4.78 is 10.8. The fourth-order valence-electron chi connectivity index (χ4n) is 1.54. The Morgan fingerprint density at radius 1 is 1.11 bits per heavy atom. The maximum atomic E-state index is 9.63. The van der Waals surface area contributed by atoms with Gasteiger partial charge in [-0.2, -0.15) is 0 Å². The molecule has 0 saturated carbocycles. The minimum atomic E-state index is -0.421. The van der Waals surface area contributed by atoms with Gasteiger partial charge in [-0.1, -0.05) is 26.2 Å². The monoisotopic (exact) mass is 261 g/mol. The highest BCUT2D eigenvalue weighted by atomic mass is 16.5. The normalized spacial score (nSPS) is 13.2. The third kappa shape index (κ3) is 13.9. The molecule has 1 atom stereocenters. The van der Waals surface area contributed by atoms with Crippen LogP contribution in [0.5, 0.6) is 0 Å². The number of nitrogens with one attached hydrogen (secondary N) is 1. The molecule has 4 heteroatoms. The molecule has 0 radical (unpaired) electrons. The summed E-state index contributed by atoms with van der Waals surface area (Å²) in [6.07, 6.45) is 4.67. The number of aliphatic hydroxyl groups is 1. The van der Waals surface area contributed by atoms with Gasteiger partial charge in [-0.3, -0.25) is 0 Å². The summed E-state index contributed by atoms with van der Waals surface area (Å²) in [7, 11) is 0. The Hall–Kier alpha value is -0.160. The summed E-state index contributed by atoms with van der Waals surface area (Å²) in [4.78, 5) is 0. The first-order valence-electron chi connectivity index (χ1n) is 7.25. The van der Waals surface area contributed by atoms with Crippen LogP contribution < -0.4 is 5.32 Å². The highest BCUT2D eigenvalue weighted by Gasteiger charge is 2.03. The fraction of sp³-hybridized carbons (Fsp3) is 1.00. The van der Waals surface area contributed by atoms with Crippen LogP contribution in [0.15, 0.2) is 0 Å². The number of aliphatic hydroxyl groups excluding tert-OH is 1. The SMILES string of the molecule is CCCCCCOCC(O)CNCCOC(C)C. The van der Waals surface area contributed by atoms with E-state index in [1.165, 1.54) is 19.3 Å². The maximum Gasteiger partial charge on any atom is 0.0897 e. The molecular formula is C14H31NO3. The van der Waals surface area contributed by atoms with E-state index in [4.69, 9.17) is 9.47 Å². The van der Waals surface area contributed by atoms with Crippen molar-refractivity contribution < 1.29 is 14.6 Å². The van der Waals surface area contributed by atoms with E-state index in [-0.39, 0.29) is 6.10 Å². The lowest BCUT2D eigenvalue weighted by Gasteiger charge is -2.13. The molecule has 0 bridgehead atoms.